The summed E-state index contributed by atoms with van der Waals surface area (Å²) in [5.41, 5.74) is 4.90. The number of benzene rings is 3. The molecule has 1 saturated heterocycles. The van der Waals surface area contributed by atoms with Crippen LogP contribution in [-0.4, -0.2) is 39.1 Å². The molecule has 3 aromatic carbocycles. The van der Waals surface area contributed by atoms with Gasteiger partial charge in [-0.25, -0.2) is 9.69 Å². The molecule has 1 heterocycles. The minimum absolute atomic E-state index is 0.199. The quantitative estimate of drug-likeness (QED) is 0.260. The Balaban J connectivity index is 1.42. The van der Waals surface area contributed by atoms with Crippen molar-refractivity contribution in [3.63, 3.8) is 0 Å². The van der Waals surface area contributed by atoms with Crippen LogP contribution in [-0.2, 0) is 14.3 Å². The lowest BCUT2D eigenvalue weighted by Gasteiger charge is -2.22. The van der Waals surface area contributed by atoms with Gasteiger partial charge in [-0.05, 0) is 70.8 Å². The minimum Gasteiger partial charge on any atom is -0.497 e. The Hall–Kier alpha value is -4.65. The van der Waals surface area contributed by atoms with Crippen LogP contribution < -0.4 is 14.4 Å². The largest absolute Gasteiger partial charge is 0.497 e. The first kappa shape index (κ1) is 24.7. The first-order valence-electron chi connectivity index (χ1n) is 12.7. The lowest BCUT2D eigenvalue weighted by atomic mass is 9.85. The van der Waals surface area contributed by atoms with Gasteiger partial charge in [-0.1, -0.05) is 36.4 Å². The second kappa shape index (κ2) is 9.58. The zero-order valence-corrected chi connectivity index (χ0v) is 21.8. The average Bonchev–Trinajstić information content (AvgIpc) is 3.62. The van der Waals surface area contributed by atoms with Crippen molar-refractivity contribution in [1.82, 2.24) is 0 Å². The molecule has 7 heteroatoms. The minimum atomic E-state index is -0.478. The van der Waals surface area contributed by atoms with Crippen LogP contribution in [0.2, 0.25) is 0 Å². The number of hydrogen-bond donors (Lipinski definition) is 0. The van der Waals surface area contributed by atoms with Crippen molar-refractivity contribution in [2.45, 2.75) is 0 Å². The average molecular weight is 522 g/mol. The summed E-state index contributed by atoms with van der Waals surface area (Å²) in [5, 5.41) is 0. The molecular weight excluding hydrogens is 494 g/mol. The van der Waals surface area contributed by atoms with Gasteiger partial charge in [0.1, 0.15) is 11.5 Å². The highest BCUT2D eigenvalue weighted by Gasteiger charge is 2.62. The van der Waals surface area contributed by atoms with Crippen molar-refractivity contribution >= 4 is 29.0 Å². The second-order valence-corrected chi connectivity index (χ2v) is 9.83. The Kier molecular flexibility index (Phi) is 6.06. The molecule has 0 unspecified atom stereocenters. The van der Waals surface area contributed by atoms with E-state index in [2.05, 4.69) is 12.2 Å². The molecule has 196 valence electrons. The van der Waals surface area contributed by atoms with Gasteiger partial charge in [-0.3, -0.25) is 9.59 Å². The number of anilines is 1. The Morgan fingerprint density at radius 1 is 0.641 bits per heavy atom. The maximum atomic E-state index is 13.8. The number of ether oxygens (including phenoxy) is 3. The SMILES string of the molecule is COC(=O)c1ccc(N2C(=O)[C@@H]3[C@H](C2=O)[C@H]2C=C[C@H]3C2=C(c2ccc(OC)cc2)c2ccc(OC)cc2)cc1. The molecule has 7 nitrogen and oxygen atoms in total. The fourth-order valence-corrected chi connectivity index (χ4v) is 6.23. The van der Waals surface area contributed by atoms with Gasteiger partial charge in [0.15, 0.2) is 0 Å². The Bertz CT molecular complexity index is 1430. The molecule has 1 saturated carbocycles. The van der Waals surface area contributed by atoms with Crippen LogP contribution in [0.25, 0.3) is 5.57 Å². The van der Waals surface area contributed by atoms with Crippen LogP contribution in [0.1, 0.15) is 21.5 Å². The molecule has 2 fully saturated rings. The molecule has 3 aliphatic rings. The third-order valence-corrected chi connectivity index (χ3v) is 8.01. The first-order valence-corrected chi connectivity index (χ1v) is 12.7. The number of fused-ring (bicyclic) bond motifs is 5. The van der Waals surface area contributed by atoms with E-state index in [0.717, 1.165) is 33.8 Å². The second-order valence-electron chi connectivity index (χ2n) is 9.83. The number of allylic oxidation sites excluding steroid dienone is 3. The number of carbonyl (C=O) groups excluding carboxylic acids is 3. The molecule has 2 aliphatic carbocycles. The highest BCUT2D eigenvalue weighted by atomic mass is 16.5. The van der Waals surface area contributed by atoms with Crippen molar-refractivity contribution in [3.05, 3.63) is 107 Å². The molecule has 4 atom stereocenters. The third kappa shape index (κ3) is 3.84. The summed E-state index contributed by atoms with van der Waals surface area (Å²) in [6, 6.07) is 22.1. The number of methoxy groups -OCH3 is 3. The molecule has 0 radical (unpaired) electrons. The summed E-state index contributed by atoms with van der Waals surface area (Å²) < 4.78 is 15.5. The van der Waals surface area contributed by atoms with Crippen molar-refractivity contribution in [1.29, 1.82) is 0 Å². The fraction of sp³-hybridized carbons (Fsp3) is 0.219. The zero-order valence-electron chi connectivity index (χ0n) is 21.8. The molecule has 0 N–H and O–H groups in total. The molecule has 2 amide bonds. The number of nitrogens with zero attached hydrogens (tertiary/aromatic N) is 1. The van der Waals surface area contributed by atoms with Gasteiger partial charge >= 0.3 is 5.97 Å². The van der Waals surface area contributed by atoms with Crippen LogP contribution in [0.3, 0.4) is 0 Å². The van der Waals surface area contributed by atoms with E-state index in [1.807, 2.05) is 48.5 Å². The van der Waals surface area contributed by atoms with Crippen molar-refractivity contribution < 1.29 is 28.6 Å². The topological polar surface area (TPSA) is 82.1 Å². The van der Waals surface area contributed by atoms with Crippen LogP contribution in [0.15, 0.2) is 90.5 Å². The van der Waals surface area contributed by atoms with Crippen molar-refractivity contribution in [2.24, 2.45) is 23.7 Å². The number of carbonyl (C=O) groups is 3. The number of hydrogen-bond acceptors (Lipinski definition) is 6. The molecular formula is C32H27NO6. The van der Waals surface area contributed by atoms with Crippen LogP contribution in [0, 0.1) is 23.7 Å². The molecule has 0 spiro atoms. The van der Waals surface area contributed by atoms with Gasteiger partial charge < -0.3 is 14.2 Å². The molecule has 39 heavy (non-hydrogen) atoms. The highest BCUT2D eigenvalue weighted by molar-refractivity contribution is 6.23. The third-order valence-electron chi connectivity index (χ3n) is 8.01. The van der Waals surface area contributed by atoms with E-state index in [-0.39, 0.29) is 23.7 Å². The maximum Gasteiger partial charge on any atom is 0.337 e. The van der Waals surface area contributed by atoms with E-state index >= 15 is 0 Å². The zero-order chi connectivity index (χ0) is 27.3. The van der Waals surface area contributed by atoms with E-state index in [1.165, 1.54) is 12.0 Å². The van der Waals surface area contributed by atoms with Crippen LogP contribution in [0.5, 0.6) is 11.5 Å². The van der Waals surface area contributed by atoms with E-state index in [4.69, 9.17) is 14.2 Å². The molecule has 2 bridgehead atoms. The molecule has 3 aromatic rings. The maximum absolute atomic E-state index is 13.8. The Morgan fingerprint density at radius 3 is 1.49 bits per heavy atom. The Labute approximate surface area is 226 Å². The van der Waals surface area contributed by atoms with Crippen LogP contribution in [0.4, 0.5) is 5.69 Å². The highest BCUT2D eigenvalue weighted by Crippen LogP contribution is 2.59. The van der Waals surface area contributed by atoms with Gasteiger partial charge in [0, 0.05) is 11.8 Å². The number of amides is 2. The monoisotopic (exact) mass is 521 g/mol. The van der Waals surface area contributed by atoms with Gasteiger partial charge in [-0.2, -0.15) is 0 Å². The van der Waals surface area contributed by atoms with Crippen molar-refractivity contribution in [3.8, 4) is 11.5 Å². The van der Waals surface area contributed by atoms with E-state index in [1.54, 1.807) is 38.5 Å². The van der Waals surface area contributed by atoms with E-state index in [9.17, 15) is 14.4 Å². The molecule has 1 aliphatic heterocycles. The van der Waals surface area contributed by atoms with Gasteiger partial charge in [0.05, 0.1) is 44.4 Å². The van der Waals surface area contributed by atoms with Crippen molar-refractivity contribution in [2.75, 3.05) is 26.2 Å². The first-order chi connectivity index (χ1) is 19.0. The van der Waals surface area contributed by atoms with Gasteiger partial charge in [0.25, 0.3) is 0 Å². The number of esters is 1. The summed E-state index contributed by atoms with van der Waals surface area (Å²) in [7, 11) is 4.57. The van der Waals surface area contributed by atoms with Gasteiger partial charge in [-0.15, -0.1) is 0 Å². The van der Waals surface area contributed by atoms with E-state index in [0.29, 0.717) is 11.3 Å². The predicted molar refractivity (Wildman–Crippen MR) is 145 cm³/mol. The summed E-state index contributed by atoms with van der Waals surface area (Å²) in [6.45, 7) is 0. The Morgan fingerprint density at radius 2 is 1.08 bits per heavy atom. The summed E-state index contributed by atoms with van der Waals surface area (Å²) in [4.78, 5) is 40.7. The predicted octanol–water partition coefficient (Wildman–Crippen LogP) is 4.91. The summed E-state index contributed by atoms with van der Waals surface area (Å²) in [5.74, 6) is -0.751. The normalized spacial score (nSPS) is 22.7. The molecule has 0 aromatic heterocycles. The summed E-state index contributed by atoms with van der Waals surface area (Å²) in [6.07, 6.45) is 4.15. The fourth-order valence-electron chi connectivity index (χ4n) is 6.23. The standard InChI is InChI=1S/C32H27NO6/c1-37-22-12-6-18(7-13-22)26(19-8-14-23(38-2)15-9-19)27-24-16-17-25(27)29-28(24)30(34)33(31(29)35)21-10-4-20(5-11-21)32(36)39-3/h4-17,24-25,28-29H,1-3H3/t24-,25-,28-,29+/m0/s1. The smallest absolute Gasteiger partial charge is 0.337 e. The lowest BCUT2D eigenvalue weighted by Crippen LogP contribution is -2.33. The lowest BCUT2D eigenvalue weighted by molar-refractivity contribution is -0.122. The molecule has 6 rings (SSSR count). The summed E-state index contributed by atoms with van der Waals surface area (Å²) >= 11 is 0. The number of rotatable bonds is 6. The van der Waals surface area contributed by atoms with Gasteiger partial charge in [0.2, 0.25) is 11.8 Å². The van der Waals surface area contributed by atoms with E-state index < -0.39 is 17.8 Å². The number of imide groups is 1. The van der Waals surface area contributed by atoms with Crippen LogP contribution >= 0.6 is 0 Å².